The standard InChI is InChI=1S/C30H36FIN2O7/c1-3-4-8-27(37)34(11-9-19-6-5-7-22(31)13-19)24-16-21(30(39)33-10-12-35)17-25(28(24)38)41-29-23(32)14-20(18-36)15-26(29)40-2/h4-8,13-15,17,24-25,28,35-36,38H,3,9-12,16,18H2,1-2H3,(H,33,39). The normalized spacial score (nSPS) is 18.6. The molecule has 0 aliphatic heterocycles. The first kappa shape index (κ1) is 32.5. The van der Waals surface area contributed by atoms with Gasteiger partial charge in [-0.1, -0.05) is 25.1 Å². The predicted molar refractivity (Wildman–Crippen MR) is 160 cm³/mol. The van der Waals surface area contributed by atoms with E-state index in [2.05, 4.69) is 5.32 Å². The van der Waals surface area contributed by atoms with Gasteiger partial charge in [0.1, 0.15) is 18.0 Å². The Balaban J connectivity index is 2.01. The highest BCUT2D eigenvalue weighted by Gasteiger charge is 2.40. The van der Waals surface area contributed by atoms with Gasteiger partial charge in [0.25, 0.3) is 0 Å². The molecule has 0 heterocycles. The number of halogens is 2. The number of carbonyl (C=O) groups excluding carboxylic acids is 2. The SMILES string of the molecule is CCC=CC(=O)N(CCc1cccc(F)c1)C1CC(C(=O)NCCO)=CC(Oc2c(I)cc(CO)cc2OC)C1O. The number of aliphatic hydroxyl groups is 3. The molecule has 0 saturated carbocycles. The summed E-state index contributed by atoms with van der Waals surface area (Å²) in [5, 5.41) is 33.0. The molecule has 2 aromatic carbocycles. The van der Waals surface area contributed by atoms with Crippen LogP contribution in [-0.4, -0.2) is 77.1 Å². The monoisotopic (exact) mass is 682 g/mol. The molecule has 0 saturated heterocycles. The van der Waals surface area contributed by atoms with Crippen LogP contribution in [0.15, 0.2) is 60.2 Å². The fourth-order valence-corrected chi connectivity index (χ4v) is 5.38. The number of nitrogens with one attached hydrogen (secondary N) is 1. The summed E-state index contributed by atoms with van der Waals surface area (Å²) in [4.78, 5) is 27.9. The highest BCUT2D eigenvalue weighted by Crippen LogP contribution is 2.37. The van der Waals surface area contributed by atoms with Crippen molar-refractivity contribution in [1.82, 2.24) is 10.2 Å². The number of rotatable bonds is 13. The molecule has 0 fully saturated rings. The van der Waals surface area contributed by atoms with Gasteiger partial charge in [-0.25, -0.2) is 4.39 Å². The molecule has 1 aliphatic rings. The maximum atomic E-state index is 13.8. The molecule has 3 rings (SSSR count). The van der Waals surface area contributed by atoms with Crippen LogP contribution in [0, 0.1) is 9.39 Å². The zero-order chi connectivity index (χ0) is 29.9. The molecule has 0 spiro atoms. The Morgan fingerprint density at radius 3 is 2.66 bits per heavy atom. The van der Waals surface area contributed by atoms with E-state index in [0.717, 1.165) is 0 Å². The van der Waals surface area contributed by atoms with Crippen molar-refractivity contribution in [3.63, 3.8) is 0 Å². The maximum Gasteiger partial charge on any atom is 0.247 e. The summed E-state index contributed by atoms with van der Waals surface area (Å²) in [7, 11) is 1.45. The first-order valence-electron chi connectivity index (χ1n) is 13.4. The summed E-state index contributed by atoms with van der Waals surface area (Å²) in [6, 6.07) is 8.56. The largest absolute Gasteiger partial charge is 0.493 e. The van der Waals surface area contributed by atoms with Gasteiger partial charge in [0.15, 0.2) is 11.5 Å². The number of allylic oxidation sites excluding steroid dienone is 1. The van der Waals surface area contributed by atoms with Gasteiger partial charge in [-0.2, -0.15) is 0 Å². The second-order valence-corrected chi connectivity index (χ2v) is 10.7. The number of benzene rings is 2. The quantitative estimate of drug-likeness (QED) is 0.189. The third-order valence-corrected chi connectivity index (χ3v) is 7.45. The Morgan fingerprint density at radius 1 is 1.22 bits per heavy atom. The second kappa shape index (κ2) is 15.9. The number of nitrogens with zero attached hydrogens (tertiary/aromatic N) is 1. The van der Waals surface area contributed by atoms with Gasteiger partial charge in [0, 0.05) is 25.1 Å². The van der Waals surface area contributed by atoms with E-state index in [1.807, 2.05) is 29.5 Å². The lowest BCUT2D eigenvalue weighted by molar-refractivity contribution is -0.133. The minimum atomic E-state index is -1.24. The van der Waals surface area contributed by atoms with Crippen LogP contribution in [0.2, 0.25) is 0 Å². The van der Waals surface area contributed by atoms with Crippen LogP contribution in [0.5, 0.6) is 11.5 Å². The molecular weight excluding hydrogens is 646 g/mol. The zero-order valence-corrected chi connectivity index (χ0v) is 25.2. The van der Waals surface area contributed by atoms with Crippen LogP contribution in [0.25, 0.3) is 0 Å². The summed E-state index contributed by atoms with van der Waals surface area (Å²) in [5.74, 6) is -0.560. The number of hydrogen-bond acceptors (Lipinski definition) is 7. The molecule has 0 aromatic heterocycles. The van der Waals surface area contributed by atoms with Gasteiger partial charge in [-0.15, -0.1) is 0 Å². The number of hydrogen-bond donors (Lipinski definition) is 4. The fraction of sp³-hybridized carbons (Fsp3) is 0.400. The van der Waals surface area contributed by atoms with Gasteiger partial charge in [0.05, 0.1) is 29.9 Å². The van der Waals surface area contributed by atoms with E-state index >= 15 is 0 Å². The van der Waals surface area contributed by atoms with Crippen LogP contribution in [0.3, 0.4) is 0 Å². The van der Waals surface area contributed by atoms with Crippen molar-refractivity contribution < 1.29 is 38.8 Å². The minimum Gasteiger partial charge on any atom is -0.493 e. The number of ether oxygens (including phenoxy) is 2. The fourth-order valence-electron chi connectivity index (χ4n) is 4.59. The third-order valence-electron chi connectivity index (χ3n) is 6.65. The maximum absolute atomic E-state index is 13.8. The topological polar surface area (TPSA) is 129 Å². The van der Waals surface area contributed by atoms with Crippen LogP contribution >= 0.6 is 22.6 Å². The first-order valence-corrected chi connectivity index (χ1v) is 14.4. The van der Waals surface area contributed by atoms with Crippen LogP contribution in [0.1, 0.15) is 30.9 Å². The van der Waals surface area contributed by atoms with E-state index in [-0.39, 0.29) is 50.0 Å². The summed E-state index contributed by atoms with van der Waals surface area (Å²) in [6.07, 6.45) is 3.34. The smallest absolute Gasteiger partial charge is 0.247 e. The molecule has 3 unspecified atom stereocenters. The summed E-state index contributed by atoms with van der Waals surface area (Å²) < 4.78 is 26.2. The molecule has 3 atom stereocenters. The molecule has 2 aromatic rings. The summed E-state index contributed by atoms with van der Waals surface area (Å²) in [5.41, 5.74) is 1.57. The molecular formula is C30H36FIN2O7. The van der Waals surface area contributed by atoms with Crippen molar-refractivity contribution in [2.45, 2.75) is 51.0 Å². The molecule has 0 bridgehead atoms. The van der Waals surface area contributed by atoms with E-state index in [4.69, 9.17) is 9.47 Å². The number of carbonyl (C=O) groups is 2. The van der Waals surface area contributed by atoms with Crippen molar-refractivity contribution in [3.8, 4) is 11.5 Å². The molecule has 0 radical (unpaired) electrons. The second-order valence-electron chi connectivity index (χ2n) is 9.51. The van der Waals surface area contributed by atoms with E-state index in [0.29, 0.717) is 39.0 Å². The lowest BCUT2D eigenvalue weighted by atomic mass is 9.87. The highest BCUT2D eigenvalue weighted by atomic mass is 127. The van der Waals surface area contributed by atoms with Gasteiger partial charge in [0.2, 0.25) is 11.8 Å². The van der Waals surface area contributed by atoms with Crippen molar-refractivity contribution in [1.29, 1.82) is 0 Å². The van der Waals surface area contributed by atoms with Crippen LogP contribution < -0.4 is 14.8 Å². The van der Waals surface area contributed by atoms with E-state index in [1.54, 1.807) is 30.3 Å². The molecule has 2 amide bonds. The van der Waals surface area contributed by atoms with Gasteiger partial charge >= 0.3 is 0 Å². The average Bonchev–Trinajstić information content (AvgIpc) is 2.97. The van der Waals surface area contributed by atoms with Gasteiger partial charge in [-0.05, 0) is 83.0 Å². The minimum absolute atomic E-state index is 0.0325. The molecule has 41 heavy (non-hydrogen) atoms. The molecule has 222 valence electrons. The Kier molecular flexibility index (Phi) is 12.6. The molecule has 4 N–H and O–H groups in total. The van der Waals surface area contributed by atoms with E-state index in [1.165, 1.54) is 36.3 Å². The van der Waals surface area contributed by atoms with Crippen LogP contribution in [0.4, 0.5) is 4.39 Å². The summed E-state index contributed by atoms with van der Waals surface area (Å²) in [6.45, 7) is 1.62. The zero-order valence-electron chi connectivity index (χ0n) is 23.1. The lowest BCUT2D eigenvalue weighted by Gasteiger charge is -2.40. The van der Waals surface area contributed by atoms with Crippen molar-refractivity contribution in [2.24, 2.45) is 0 Å². The summed E-state index contributed by atoms with van der Waals surface area (Å²) >= 11 is 2.04. The van der Waals surface area contributed by atoms with Gasteiger partial charge in [-0.3, -0.25) is 9.59 Å². The van der Waals surface area contributed by atoms with Gasteiger partial charge < -0.3 is 35.0 Å². The average molecular weight is 683 g/mol. The Bertz CT molecular complexity index is 1270. The van der Waals surface area contributed by atoms with E-state index in [9.17, 15) is 29.3 Å². The Hall–Kier alpha value is -3.00. The number of aliphatic hydroxyl groups excluding tert-OH is 3. The van der Waals surface area contributed by atoms with Crippen molar-refractivity contribution in [3.05, 3.63) is 80.7 Å². The number of methoxy groups -OCH3 is 1. The Labute approximate surface area is 252 Å². The first-order chi connectivity index (χ1) is 19.7. The van der Waals surface area contributed by atoms with Crippen molar-refractivity contribution in [2.75, 3.05) is 26.8 Å². The Morgan fingerprint density at radius 2 is 2.00 bits per heavy atom. The van der Waals surface area contributed by atoms with Crippen LogP contribution in [-0.2, 0) is 22.6 Å². The molecule has 1 aliphatic carbocycles. The number of amides is 2. The van der Waals surface area contributed by atoms with E-state index < -0.39 is 24.2 Å². The molecule has 9 nitrogen and oxygen atoms in total. The van der Waals surface area contributed by atoms with Crippen molar-refractivity contribution >= 4 is 34.4 Å². The molecule has 11 heteroatoms. The predicted octanol–water partition coefficient (Wildman–Crippen LogP) is 2.88. The third kappa shape index (κ3) is 8.74. The lowest BCUT2D eigenvalue weighted by Crippen LogP contribution is -2.55. The highest BCUT2D eigenvalue weighted by molar-refractivity contribution is 14.1.